The van der Waals surface area contributed by atoms with Crippen LogP contribution in [0.5, 0.6) is 5.75 Å². The quantitative estimate of drug-likeness (QED) is 0.287. The molecule has 0 saturated heterocycles. The summed E-state index contributed by atoms with van der Waals surface area (Å²) in [6.45, 7) is 22.5. The van der Waals surface area contributed by atoms with Gasteiger partial charge in [-0.15, -0.1) is 5.54 Å². The Bertz CT molecular complexity index is 632. The van der Waals surface area contributed by atoms with Gasteiger partial charge in [0, 0.05) is 37.8 Å². The summed E-state index contributed by atoms with van der Waals surface area (Å²) < 4.78 is 6.23. The number of nitrogens with zero attached hydrogens (tertiary/aromatic N) is 2. The predicted molar refractivity (Wildman–Crippen MR) is 124 cm³/mol. The van der Waals surface area contributed by atoms with Crippen LogP contribution in [0.4, 0.5) is 11.4 Å². The van der Waals surface area contributed by atoms with Crippen molar-refractivity contribution in [2.24, 2.45) is 0 Å². The molecule has 0 unspecified atom stereocenters. The van der Waals surface area contributed by atoms with Gasteiger partial charge in [0.15, 0.2) is 0 Å². The molecule has 152 valence electrons. The van der Waals surface area contributed by atoms with Crippen LogP contribution in [0.1, 0.15) is 53.0 Å². The molecule has 0 fully saturated rings. The second-order valence-corrected chi connectivity index (χ2v) is 12.6. The van der Waals surface area contributed by atoms with Gasteiger partial charge in [-0.05, 0) is 40.2 Å². The Morgan fingerprint density at radius 3 is 1.89 bits per heavy atom. The summed E-state index contributed by atoms with van der Waals surface area (Å²) in [6.07, 6.45) is 2.22. The zero-order valence-electron chi connectivity index (χ0n) is 18.9. The van der Waals surface area contributed by atoms with Gasteiger partial charge in [0.05, 0.1) is 18.0 Å². The van der Waals surface area contributed by atoms with Gasteiger partial charge in [-0.2, -0.15) is 0 Å². The normalized spacial score (nSPS) is 11.0. The Morgan fingerprint density at radius 2 is 1.41 bits per heavy atom. The van der Waals surface area contributed by atoms with E-state index in [9.17, 15) is 0 Å². The number of unbranched alkanes of at least 4 members (excludes halogenated alkanes) is 1. The summed E-state index contributed by atoms with van der Waals surface area (Å²) in [5.74, 6) is 4.52. The van der Waals surface area contributed by atoms with Crippen LogP contribution in [-0.4, -0.2) is 40.9 Å². The molecule has 0 heterocycles. The Hall–Kier alpha value is -1.60. The smallest absolute Gasteiger partial charge is 0.144 e. The molecular formula is C23H40N2OSi. The van der Waals surface area contributed by atoms with Gasteiger partial charge in [-0.3, -0.25) is 0 Å². The highest BCUT2D eigenvalue weighted by molar-refractivity contribution is 6.83. The fraction of sp³-hybridized carbons (Fsp3) is 0.652. The third-order valence-corrected chi connectivity index (χ3v) is 5.49. The molecule has 0 bridgehead atoms. The van der Waals surface area contributed by atoms with Crippen molar-refractivity contribution >= 4 is 19.4 Å². The van der Waals surface area contributed by atoms with E-state index < -0.39 is 8.07 Å². The van der Waals surface area contributed by atoms with E-state index in [1.54, 1.807) is 0 Å². The van der Waals surface area contributed by atoms with Gasteiger partial charge in [0.2, 0.25) is 0 Å². The van der Waals surface area contributed by atoms with Crippen LogP contribution in [0.25, 0.3) is 0 Å². The Labute approximate surface area is 169 Å². The number of anilines is 2. The Morgan fingerprint density at radius 1 is 0.852 bits per heavy atom. The Balaban J connectivity index is 3.56. The standard InChI is InChI=1S/C23H40N2OSi/c1-9-14-16-26-23-19-21(24(10-2)11-3)20(15-17-27(6,7)8)18-22(23)25(12-4)13-5/h18-19H,9-14,16H2,1-8H3. The number of hydrogen-bond donors (Lipinski definition) is 0. The van der Waals surface area contributed by atoms with Gasteiger partial charge in [-0.25, -0.2) is 0 Å². The molecule has 0 N–H and O–H groups in total. The second-order valence-electron chi connectivity index (χ2n) is 7.88. The van der Waals surface area contributed by atoms with Crippen molar-refractivity contribution in [2.45, 2.75) is 67.1 Å². The van der Waals surface area contributed by atoms with Crippen molar-refractivity contribution in [3.63, 3.8) is 0 Å². The first-order valence-corrected chi connectivity index (χ1v) is 14.1. The number of benzene rings is 1. The lowest BCUT2D eigenvalue weighted by Crippen LogP contribution is -2.25. The molecule has 0 aliphatic carbocycles. The average Bonchev–Trinajstić information content (AvgIpc) is 2.63. The molecule has 0 aliphatic rings. The third-order valence-electron chi connectivity index (χ3n) is 4.61. The van der Waals surface area contributed by atoms with E-state index >= 15 is 0 Å². The number of rotatable bonds is 10. The van der Waals surface area contributed by atoms with Crippen LogP contribution in [0, 0.1) is 11.5 Å². The molecular weight excluding hydrogens is 348 g/mol. The lowest BCUT2D eigenvalue weighted by Gasteiger charge is -2.28. The summed E-state index contributed by atoms with van der Waals surface area (Å²) in [4.78, 5) is 4.75. The van der Waals surface area contributed by atoms with Gasteiger partial charge in [0.1, 0.15) is 13.8 Å². The average molecular weight is 389 g/mol. The van der Waals surface area contributed by atoms with Gasteiger partial charge < -0.3 is 14.5 Å². The monoisotopic (exact) mass is 388 g/mol. The van der Waals surface area contributed by atoms with Crippen LogP contribution in [-0.2, 0) is 0 Å². The summed E-state index contributed by atoms with van der Waals surface area (Å²) in [6, 6.07) is 4.49. The molecule has 0 atom stereocenters. The Kier molecular flexibility index (Phi) is 9.80. The fourth-order valence-electron chi connectivity index (χ4n) is 2.99. The maximum absolute atomic E-state index is 6.23. The van der Waals surface area contributed by atoms with E-state index in [1.165, 1.54) is 11.4 Å². The van der Waals surface area contributed by atoms with Gasteiger partial charge in [0.25, 0.3) is 0 Å². The van der Waals surface area contributed by atoms with Crippen molar-refractivity contribution in [3.8, 4) is 17.2 Å². The van der Waals surface area contributed by atoms with Crippen molar-refractivity contribution in [3.05, 3.63) is 17.7 Å². The lowest BCUT2D eigenvalue weighted by molar-refractivity contribution is 0.309. The van der Waals surface area contributed by atoms with Crippen LogP contribution < -0.4 is 14.5 Å². The first-order valence-electron chi connectivity index (χ1n) is 10.6. The molecule has 0 amide bonds. The first kappa shape index (κ1) is 23.4. The summed E-state index contributed by atoms with van der Waals surface area (Å²) in [5, 5.41) is 0. The third kappa shape index (κ3) is 7.14. The molecule has 4 heteroatoms. The molecule has 3 nitrogen and oxygen atoms in total. The summed E-state index contributed by atoms with van der Waals surface area (Å²) in [7, 11) is -1.44. The fourth-order valence-corrected chi connectivity index (χ4v) is 3.50. The van der Waals surface area contributed by atoms with E-state index in [-0.39, 0.29) is 0 Å². The topological polar surface area (TPSA) is 15.7 Å². The minimum Gasteiger partial charge on any atom is -0.491 e. The second kappa shape index (κ2) is 11.3. The van der Waals surface area contributed by atoms with E-state index in [0.717, 1.165) is 56.9 Å². The highest BCUT2D eigenvalue weighted by Crippen LogP contribution is 2.36. The molecule has 1 aromatic carbocycles. The van der Waals surface area contributed by atoms with Crippen molar-refractivity contribution in [1.82, 2.24) is 0 Å². The van der Waals surface area contributed by atoms with Crippen LogP contribution >= 0.6 is 0 Å². The first-order chi connectivity index (χ1) is 12.8. The molecule has 0 spiro atoms. The molecule has 0 saturated carbocycles. The highest BCUT2D eigenvalue weighted by atomic mass is 28.3. The summed E-state index contributed by atoms with van der Waals surface area (Å²) >= 11 is 0. The van der Waals surface area contributed by atoms with Gasteiger partial charge >= 0.3 is 0 Å². The molecule has 0 aliphatic heterocycles. The van der Waals surface area contributed by atoms with E-state index in [4.69, 9.17) is 4.74 Å². The zero-order chi connectivity index (χ0) is 20.4. The SMILES string of the molecule is CCCCOc1cc(N(CC)CC)c(C#C[Si](C)(C)C)cc1N(CC)CC. The van der Waals surface area contributed by atoms with Crippen molar-refractivity contribution in [2.75, 3.05) is 42.6 Å². The maximum atomic E-state index is 6.23. The van der Waals surface area contributed by atoms with Gasteiger partial charge in [-0.1, -0.05) is 38.9 Å². The number of hydrogen-bond acceptors (Lipinski definition) is 3. The van der Waals surface area contributed by atoms with E-state index in [0.29, 0.717) is 0 Å². The molecule has 27 heavy (non-hydrogen) atoms. The van der Waals surface area contributed by atoms with E-state index in [1.807, 2.05) is 0 Å². The van der Waals surface area contributed by atoms with Crippen LogP contribution in [0.2, 0.25) is 19.6 Å². The molecule has 0 radical (unpaired) electrons. The lowest BCUT2D eigenvalue weighted by atomic mass is 10.1. The minimum atomic E-state index is -1.44. The number of ether oxygens (including phenoxy) is 1. The predicted octanol–water partition coefficient (Wildman–Crippen LogP) is 5.79. The highest BCUT2D eigenvalue weighted by Gasteiger charge is 2.17. The molecule has 1 aromatic rings. The summed E-state index contributed by atoms with van der Waals surface area (Å²) in [5.41, 5.74) is 7.06. The van der Waals surface area contributed by atoms with Crippen molar-refractivity contribution < 1.29 is 4.74 Å². The van der Waals surface area contributed by atoms with Crippen LogP contribution in [0.15, 0.2) is 12.1 Å². The largest absolute Gasteiger partial charge is 0.491 e. The van der Waals surface area contributed by atoms with Crippen LogP contribution in [0.3, 0.4) is 0 Å². The maximum Gasteiger partial charge on any atom is 0.144 e. The van der Waals surface area contributed by atoms with Crippen molar-refractivity contribution in [1.29, 1.82) is 0 Å². The zero-order valence-corrected chi connectivity index (χ0v) is 19.9. The molecule has 0 aromatic heterocycles. The minimum absolute atomic E-state index is 0.766. The molecule has 1 rings (SSSR count). The van der Waals surface area contributed by atoms with E-state index in [2.05, 4.69) is 87.7 Å².